The Morgan fingerprint density at radius 1 is 0.949 bits per heavy atom. The van der Waals surface area contributed by atoms with E-state index >= 15 is 0 Å². The van der Waals surface area contributed by atoms with E-state index in [2.05, 4.69) is 15.4 Å². The molecular formula is C29H37N3O4S3. The summed E-state index contributed by atoms with van der Waals surface area (Å²) < 4.78 is 35.0. The lowest BCUT2D eigenvalue weighted by Crippen LogP contribution is -2.59. The molecule has 1 aromatic carbocycles. The van der Waals surface area contributed by atoms with Crippen LogP contribution in [0.3, 0.4) is 0 Å². The second-order valence-corrected chi connectivity index (χ2v) is 15.2. The highest BCUT2D eigenvalue weighted by Crippen LogP contribution is 2.56. The van der Waals surface area contributed by atoms with Crippen molar-refractivity contribution in [2.75, 3.05) is 17.7 Å². The number of methoxy groups -OCH3 is 1. The molecule has 4 saturated carbocycles. The summed E-state index contributed by atoms with van der Waals surface area (Å²) in [6, 6.07) is 6.73. The fourth-order valence-corrected chi connectivity index (χ4v) is 10.9. The summed E-state index contributed by atoms with van der Waals surface area (Å²) in [5.41, 5.74) is 2.07. The van der Waals surface area contributed by atoms with Crippen molar-refractivity contribution in [2.45, 2.75) is 87.5 Å². The van der Waals surface area contributed by atoms with E-state index < -0.39 is 10.0 Å². The topological polar surface area (TPSA) is 96.5 Å². The van der Waals surface area contributed by atoms with Crippen LogP contribution in [0.5, 0.6) is 0 Å². The first-order valence-electron chi connectivity index (χ1n) is 14.2. The van der Waals surface area contributed by atoms with Crippen molar-refractivity contribution in [3.8, 4) is 0 Å². The molecule has 4 bridgehead atoms. The maximum Gasteiger partial charge on any atom is 0.341 e. The van der Waals surface area contributed by atoms with Crippen molar-refractivity contribution in [1.82, 2.24) is 4.72 Å². The van der Waals surface area contributed by atoms with Gasteiger partial charge in [0, 0.05) is 16.1 Å². The number of benzene rings is 1. The molecule has 0 spiro atoms. The predicted octanol–water partition coefficient (Wildman–Crippen LogP) is 6.25. The summed E-state index contributed by atoms with van der Waals surface area (Å²) in [4.78, 5) is 14.2. The Kier molecular flexibility index (Phi) is 7.50. The fourth-order valence-electron chi connectivity index (χ4n) is 7.89. The molecule has 0 amide bonds. The molecular weight excluding hydrogens is 551 g/mol. The van der Waals surface area contributed by atoms with Gasteiger partial charge in [0.1, 0.15) is 5.00 Å². The van der Waals surface area contributed by atoms with Crippen LogP contribution in [0.2, 0.25) is 0 Å². The predicted molar refractivity (Wildman–Crippen MR) is 159 cm³/mol. The van der Waals surface area contributed by atoms with Crippen LogP contribution >= 0.6 is 23.6 Å². The van der Waals surface area contributed by atoms with Gasteiger partial charge in [0.25, 0.3) is 0 Å². The van der Waals surface area contributed by atoms with Crippen LogP contribution in [-0.4, -0.2) is 32.1 Å². The van der Waals surface area contributed by atoms with Gasteiger partial charge in [-0.1, -0.05) is 12.8 Å². The van der Waals surface area contributed by atoms with Gasteiger partial charge in [-0.15, -0.1) is 11.3 Å². The molecule has 0 radical (unpaired) electrons. The third kappa shape index (κ3) is 5.62. The van der Waals surface area contributed by atoms with Crippen LogP contribution in [0.4, 0.5) is 10.7 Å². The van der Waals surface area contributed by atoms with Gasteiger partial charge in [0.05, 0.1) is 17.6 Å². The highest BCUT2D eigenvalue weighted by atomic mass is 32.2. The molecule has 39 heavy (non-hydrogen) atoms. The van der Waals surface area contributed by atoms with E-state index in [1.165, 1.54) is 44.1 Å². The number of thiophene rings is 1. The monoisotopic (exact) mass is 587 g/mol. The van der Waals surface area contributed by atoms with Crippen LogP contribution in [0.25, 0.3) is 0 Å². The van der Waals surface area contributed by atoms with E-state index in [0.29, 0.717) is 39.1 Å². The second-order valence-electron chi connectivity index (χ2n) is 12.0. The number of anilines is 2. The van der Waals surface area contributed by atoms with Gasteiger partial charge in [-0.25, -0.2) is 17.9 Å². The summed E-state index contributed by atoms with van der Waals surface area (Å²) >= 11 is 7.15. The summed E-state index contributed by atoms with van der Waals surface area (Å²) in [7, 11) is -2.21. The smallest absolute Gasteiger partial charge is 0.341 e. The van der Waals surface area contributed by atoms with Crippen LogP contribution in [0.1, 0.15) is 85.0 Å². The molecule has 0 atom stereocenters. The minimum Gasteiger partial charge on any atom is -0.465 e. The van der Waals surface area contributed by atoms with Crippen molar-refractivity contribution in [1.29, 1.82) is 0 Å². The third-order valence-electron chi connectivity index (χ3n) is 9.10. The standard InChI is InChI=1S/C29H37N3O4S3/c1-36-27(33)25-23-6-4-2-3-5-7-24(23)38-26(25)31-28(37)30-21-8-10-22(11-9-21)39(34,35)32-29-15-18-12-19(16-29)14-20(13-18)17-29/h8-11,18-20,32H,2-7,12-17H2,1H3,(H2,30,31,37). The van der Waals surface area contributed by atoms with Gasteiger partial charge >= 0.3 is 5.97 Å². The number of rotatable bonds is 6. The first-order valence-corrected chi connectivity index (χ1v) is 16.9. The Hall–Kier alpha value is -2.01. The van der Waals surface area contributed by atoms with Crippen LogP contribution in [0.15, 0.2) is 29.2 Å². The van der Waals surface area contributed by atoms with Gasteiger partial charge < -0.3 is 15.4 Å². The number of fused-ring (bicyclic) bond motifs is 1. The lowest BCUT2D eigenvalue weighted by Gasteiger charge is -2.56. The van der Waals surface area contributed by atoms with E-state index in [9.17, 15) is 13.2 Å². The molecule has 2 aromatic rings. The van der Waals surface area contributed by atoms with Crippen LogP contribution in [-0.2, 0) is 27.6 Å². The molecule has 1 aromatic heterocycles. The van der Waals surface area contributed by atoms with Gasteiger partial charge in [-0.2, -0.15) is 0 Å². The largest absolute Gasteiger partial charge is 0.465 e. The molecule has 3 N–H and O–H groups in total. The lowest BCUT2D eigenvalue weighted by atomic mass is 9.53. The van der Waals surface area contributed by atoms with E-state index in [1.54, 1.807) is 35.6 Å². The van der Waals surface area contributed by atoms with Crippen LogP contribution < -0.4 is 15.4 Å². The highest BCUT2D eigenvalue weighted by molar-refractivity contribution is 7.89. The molecule has 5 aliphatic carbocycles. The van der Waals surface area contributed by atoms with Gasteiger partial charge in [-0.3, -0.25) is 0 Å². The van der Waals surface area contributed by atoms with E-state index in [0.717, 1.165) is 50.5 Å². The summed E-state index contributed by atoms with van der Waals surface area (Å²) in [5, 5.41) is 7.40. The Morgan fingerprint density at radius 3 is 2.18 bits per heavy atom. The van der Waals surface area contributed by atoms with Crippen molar-refractivity contribution >= 4 is 55.3 Å². The SMILES string of the molecule is COC(=O)c1c(NC(=S)Nc2ccc(S(=O)(=O)NC34CC5CC(CC(C5)C3)C4)cc2)sc2c1CCCCCC2. The average molecular weight is 588 g/mol. The third-order valence-corrected chi connectivity index (χ3v) is 12.1. The Bertz CT molecular complexity index is 1330. The Labute approximate surface area is 240 Å². The first kappa shape index (κ1) is 27.2. The van der Waals surface area contributed by atoms with E-state index in [-0.39, 0.29) is 16.4 Å². The number of carbonyl (C=O) groups excluding carboxylic acids is 1. The quantitative estimate of drug-likeness (QED) is 0.272. The molecule has 10 heteroatoms. The molecule has 4 fully saturated rings. The molecule has 7 nitrogen and oxygen atoms in total. The number of thiocarbonyl (C=S) groups is 1. The molecule has 1 heterocycles. The number of hydrogen-bond acceptors (Lipinski definition) is 6. The molecule has 7 rings (SSSR count). The van der Waals surface area contributed by atoms with Gasteiger partial charge in [-0.05, 0) is 124 Å². The molecule has 5 aliphatic rings. The maximum atomic E-state index is 13.4. The van der Waals surface area contributed by atoms with E-state index in [4.69, 9.17) is 17.0 Å². The average Bonchev–Trinajstić information content (AvgIpc) is 3.17. The first-order chi connectivity index (χ1) is 18.7. The van der Waals surface area contributed by atoms with Crippen LogP contribution in [0, 0.1) is 17.8 Å². The van der Waals surface area contributed by atoms with Crippen molar-refractivity contribution in [2.24, 2.45) is 17.8 Å². The van der Waals surface area contributed by atoms with Crippen molar-refractivity contribution < 1.29 is 17.9 Å². The Balaban J connectivity index is 1.13. The molecule has 0 saturated heterocycles. The highest BCUT2D eigenvalue weighted by Gasteiger charge is 2.52. The zero-order valence-electron chi connectivity index (χ0n) is 22.4. The normalized spacial score (nSPS) is 27.8. The van der Waals surface area contributed by atoms with Gasteiger partial charge in [0.15, 0.2) is 5.11 Å². The zero-order valence-corrected chi connectivity index (χ0v) is 24.8. The van der Waals surface area contributed by atoms with Gasteiger partial charge in [0.2, 0.25) is 10.0 Å². The number of aryl methyl sites for hydroxylation is 1. The number of carbonyl (C=O) groups is 1. The maximum absolute atomic E-state index is 13.4. The summed E-state index contributed by atoms with van der Waals surface area (Å²) in [5.74, 6) is 1.66. The number of hydrogen-bond donors (Lipinski definition) is 3. The molecule has 0 aliphatic heterocycles. The summed E-state index contributed by atoms with van der Waals surface area (Å²) in [6.45, 7) is 0. The lowest BCUT2D eigenvalue weighted by molar-refractivity contribution is -0.00810. The number of ether oxygens (including phenoxy) is 1. The minimum absolute atomic E-state index is 0.272. The number of nitrogens with one attached hydrogen (secondary N) is 3. The van der Waals surface area contributed by atoms with Crippen molar-refractivity contribution in [3.05, 3.63) is 40.3 Å². The zero-order chi connectivity index (χ0) is 27.2. The number of esters is 1. The summed E-state index contributed by atoms with van der Waals surface area (Å²) in [6.07, 6.45) is 13.1. The fraction of sp³-hybridized carbons (Fsp3) is 0.586. The minimum atomic E-state index is -3.62. The number of sulfonamides is 1. The molecule has 0 unspecified atom stereocenters. The molecule has 210 valence electrons. The van der Waals surface area contributed by atoms with Crippen molar-refractivity contribution in [3.63, 3.8) is 0 Å². The van der Waals surface area contributed by atoms with E-state index in [1.807, 2.05) is 0 Å². The second kappa shape index (κ2) is 10.8. The Morgan fingerprint density at radius 2 is 1.56 bits per heavy atom.